The molecule has 0 aliphatic carbocycles. The van der Waals surface area contributed by atoms with Crippen molar-refractivity contribution >= 4 is 22.0 Å². The van der Waals surface area contributed by atoms with Crippen molar-refractivity contribution in [3.05, 3.63) is 82.6 Å². The summed E-state index contributed by atoms with van der Waals surface area (Å²) in [5.74, 6) is -1.50. The third-order valence-corrected chi connectivity index (χ3v) is 6.11. The summed E-state index contributed by atoms with van der Waals surface area (Å²) in [5.41, 5.74) is 2.36. The van der Waals surface area contributed by atoms with Crippen LogP contribution in [0.3, 0.4) is 0 Å². The summed E-state index contributed by atoms with van der Waals surface area (Å²) >= 11 is 0. The number of sulfonamides is 1. The minimum Gasteiger partial charge on any atom is -0.456 e. The molecule has 0 saturated heterocycles. The van der Waals surface area contributed by atoms with E-state index in [1.54, 1.807) is 84.0 Å². The molecule has 2 aromatic carbocycles. The molecule has 0 aliphatic rings. The lowest BCUT2D eigenvalue weighted by Gasteiger charge is -2.25. The largest absolute Gasteiger partial charge is 0.456 e. The molecular formula is C28H35NO6S. The molecule has 0 saturated carbocycles. The molecule has 0 unspecified atom stereocenters. The van der Waals surface area contributed by atoms with Crippen LogP contribution in [0.15, 0.2) is 76.4 Å². The van der Waals surface area contributed by atoms with Gasteiger partial charge in [-0.2, -0.15) is 4.72 Å². The Bertz CT molecular complexity index is 1260. The van der Waals surface area contributed by atoms with Crippen molar-refractivity contribution in [2.75, 3.05) is 0 Å². The molecule has 8 heteroatoms. The van der Waals surface area contributed by atoms with E-state index in [1.807, 2.05) is 6.92 Å². The van der Waals surface area contributed by atoms with E-state index in [0.29, 0.717) is 5.56 Å². The predicted octanol–water partition coefficient (Wildman–Crippen LogP) is 5.17. The van der Waals surface area contributed by atoms with E-state index in [2.05, 4.69) is 10.5 Å². The molecule has 1 N–H and O–H groups in total. The maximum absolute atomic E-state index is 13.4. The summed E-state index contributed by atoms with van der Waals surface area (Å²) in [5, 5.41) is 0. The first-order valence-corrected chi connectivity index (χ1v) is 13.0. The number of rotatable bonds is 7. The third-order valence-electron chi connectivity index (χ3n) is 4.67. The van der Waals surface area contributed by atoms with Gasteiger partial charge in [-0.3, -0.25) is 0 Å². The molecule has 0 aliphatic heterocycles. The van der Waals surface area contributed by atoms with Crippen LogP contribution in [-0.2, 0) is 29.1 Å². The first-order chi connectivity index (χ1) is 16.5. The lowest BCUT2D eigenvalue weighted by molar-refractivity contribution is -0.150. The number of aryl methyl sites for hydroxylation is 1. The van der Waals surface area contributed by atoms with E-state index >= 15 is 0 Å². The second kappa shape index (κ2) is 11.2. The molecule has 0 bridgehead atoms. The zero-order chi connectivity index (χ0) is 27.3. The second-order valence-electron chi connectivity index (χ2n) is 10.4. The minimum atomic E-state index is -4.08. The molecular weight excluding hydrogens is 478 g/mol. The lowest BCUT2D eigenvalue weighted by Crippen LogP contribution is -2.34. The molecule has 36 heavy (non-hydrogen) atoms. The predicted molar refractivity (Wildman–Crippen MR) is 139 cm³/mol. The van der Waals surface area contributed by atoms with Crippen LogP contribution in [-0.4, -0.2) is 31.6 Å². The molecule has 0 radical (unpaired) electrons. The number of benzene rings is 2. The van der Waals surface area contributed by atoms with Gasteiger partial charge in [-0.05, 0) is 73.1 Å². The van der Waals surface area contributed by atoms with Gasteiger partial charge in [0.2, 0.25) is 10.0 Å². The maximum Gasteiger partial charge on any atom is 0.344 e. The first-order valence-electron chi connectivity index (χ1n) is 11.6. The Kier molecular flexibility index (Phi) is 9.08. The van der Waals surface area contributed by atoms with Gasteiger partial charge >= 0.3 is 11.9 Å². The fraction of sp³-hybridized carbons (Fsp3) is 0.393. The smallest absolute Gasteiger partial charge is 0.344 e. The summed E-state index contributed by atoms with van der Waals surface area (Å²) in [6.45, 7) is 13.6. The van der Waals surface area contributed by atoms with Crippen LogP contribution in [0.4, 0.5) is 0 Å². The van der Waals surface area contributed by atoms with E-state index in [9.17, 15) is 18.0 Å². The normalized spacial score (nSPS) is 12.8. The van der Waals surface area contributed by atoms with Crippen LogP contribution in [0.1, 0.15) is 65.6 Å². The summed E-state index contributed by atoms with van der Waals surface area (Å²) in [7, 11) is -4.08. The number of hydrogen-bond acceptors (Lipinski definition) is 6. The summed E-state index contributed by atoms with van der Waals surface area (Å²) in [6, 6.07) is 13.7. The molecule has 2 rings (SSSR count). The van der Waals surface area contributed by atoms with Crippen LogP contribution < -0.4 is 4.72 Å². The third kappa shape index (κ3) is 8.79. The van der Waals surface area contributed by atoms with Gasteiger partial charge < -0.3 is 9.47 Å². The Hall–Kier alpha value is -3.19. The molecule has 7 nitrogen and oxygen atoms in total. The summed E-state index contributed by atoms with van der Waals surface area (Å²) in [6.07, 6.45) is 0. The highest BCUT2D eigenvalue weighted by Gasteiger charge is 2.32. The molecule has 1 atom stereocenters. The average Bonchev–Trinajstić information content (AvgIpc) is 2.74. The zero-order valence-corrected chi connectivity index (χ0v) is 22.9. The van der Waals surface area contributed by atoms with Crippen LogP contribution in [0, 0.1) is 6.92 Å². The SMILES string of the molecule is CC(=C=C(C(=O)OC(C)(C)C)[C@H](NS(=O)(=O)c1ccc(C)cc1)c1ccccc1)C(=O)OC(C)(C)C. The van der Waals surface area contributed by atoms with Crippen molar-refractivity contribution in [3.8, 4) is 0 Å². The van der Waals surface area contributed by atoms with Crippen molar-refractivity contribution in [3.63, 3.8) is 0 Å². The van der Waals surface area contributed by atoms with E-state index in [0.717, 1.165) is 5.56 Å². The quantitative estimate of drug-likeness (QED) is 0.312. The van der Waals surface area contributed by atoms with Gasteiger partial charge in [0.05, 0.1) is 16.5 Å². The Morgan fingerprint density at radius 2 is 1.33 bits per heavy atom. The van der Waals surface area contributed by atoms with E-state index in [-0.39, 0.29) is 16.0 Å². The van der Waals surface area contributed by atoms with E-state index in [4.69, 9.17) is 9.47 Å². The maximum atomic E-state index is 13.4. The Morgan fingerprint density at radius 3 is 1.83 bits per heavy atom. The van der Waals surface area contributed by atoms with Crippen LogP contribution in [0.5, 0.6) is 0 Å². The van der Waals surface area contributed by atoms with E-state index in [1.165, 1.54) is 19.1 Å². The van der Waals surface area contributed by atoms with Crippen LogP contribution >= 0.6 is 0 Å². The number of hydrogen-bond donors (Lipinski definition) is 1. The molecule has 194 valence electrons. The monoisotopic (exact) mass is 513 g/mol. The zero-order valence-electron chi connectivity index (χ0n) is 22.1. The van der Waals surface area contributed by atoms with Gasteiger partial charge in [0, 0.05) is 0 Å². The van der Waals surface area contributed by atoms with Gasteiger partial charge in [-0.1, -0.05) is 53.8 Å². The first kappa shape index (κ1) is 29.0. The number of ether oxygens (including phenoxy) is 2. The van der Waals surface area contributed by atoms with Crippen LogP contribution in [0.25, 0.3) is 0 Å². The van der Waals surface area contributed by atoms with Gasteiger partial charge in [-0.15, -0.1) is 0 Å². The highest BCUT2D eigenvalue weighted by atomic mass is 32.2. The van der Waals surface area contributed by atoms with Gasteiger partial charge in [0.25, 0.3) is 0 Å². The van der Waals surface area contributed by atoms with Crippen molar-refractivity contribution in [1.29, 1.82) is 0 Å². The highest BCUT2D eigenvalue weighted by molar-refractivity contribution is 7.89. The Balaban J connectivity index is 2.73. The fourth-order valence-corrected chi connectivity index (χ4v) is 4.26. The van der Waals surface area contributed by atoms with Gasteiger partial charge in [0.1, 0.15) is 16.8 Å². The molecule has 0 amide bonds. The van der Waals surface area contributed by atoms with Crippen molar-refractivity contribution in [1.82, 2.24) is 4.72 Å². The van der Waals surface area contributed by atoms with Crippen molar-refractivity contribution < 1.29 is 27.5 Å². The van der Waals surface area contributed by atoms with E-state index < -0.39 is 39.2 Å². The Morgan fingerprint density at radius 1 is 0.833 bits per heavy atom. The standard InChI is InChI=1S/C28H35NO6S/c1-19-14-16-22(17-15-19)36(32,33)29-24(21-12-10-9-11-13-21)23(26(31)35-28(6,7)8)18-20(2)25(30)34-27(3,4)5/h9-17,24,29H,1-8H3/t18?,24-/m1/s1. The second-order valence-corrected chi connectivity index (χ2v) is 12.2. The van der Waals surface area contributed by atoms with Gasteiger partial charge in [0.15, 0.2) is 0 Å². The van der Waals surface area contributed by atoms with Crippen molar-refractivity contribution in [2.24, 2.45) is 0 Å². The molecule has 0 spiro atoms. The fourth-order valence-electron chi connectivity index (χ4n) is 3.06. The summed E-state index contributed by atoms with van der Waals surface area (Å²) in [4.78, 5) is 26.1. The van der Waals surface area contributed by atoms with Crippen molar-refractivity contribution in [2.45, 2.75) is 77.5 Å². The number of carbonyl (C=O) groups is 2. The molecule has 0 fully saturated rings. The van der Waals surface area contributed by atoms with Gasteiger partial charge in [-0.25, -0.2) is 18.0 Å². The average molecular weight is 514 g/mol. The lowest BCUT2D eigenvalue weighted by atomic mass is 9.99. The molecule has 0 heterocycles. The minimum absolute atomic E-state index is 0.00116. The summed E-state index contributed by atoms with van der Waals surface area (Å²) < 4.78 is 40.3. The topological polar surface area (TPSA) is 98.8 Å². The van der Waals surface area contributed by atoms with Crippen LogP contribution in [0.2, 0.25) is 0 Å². The molecule has 2 aromatic rings. The molecule has 0 aromatic heterocycles. The number of carbonyl (C=O) groups excluding carboxylic acids is 2. The number of esters is 2. The Labute approximate surface area is 214 Å². The highest BCUT2D eigenvalue weighted by Crippen LogP contribution is 2.27. The number of nitrogens with one attached hydrogen (secondary N) is 1.